The van der Waals surface area contributed by atoms with Crippen molar-refractivity contribution in [2.45, 2.75) is 51.2 Å². The van der Waals surface area contributed by atoms with Gasteiger partial charge >= 0.3 is 0 Å². The van der Waals surface area contributed by atoms with E-state index in [0.717, 1.165) is 52.1 Å². The minimum Gasteiger partial charge on any atom is -0.362 e. The van der Waals surface area contributed by atoms with Gasteiger partial charge in [0.25, 0.3) is 0 Å². The highest BCUT2D eigenvalue weighted by molar-refractivity contribution is 5.99. The van der Waals surface area contributed by atoms with Gasteiger partial charge < -0.3 is 10.6 Å². The summed E-state index contributed by atoms with van der Waals surface area (Å²) in [6.45, 7) is 6.17. The topological polar surface area (TPSA) is 78.7 Å². The molecule has 0 saturated carbocycles. The van der Waals surface area contributed by atoms with Gasteiger partial charge in [-0.1, -0.05) is 25.1 Å². The molecule has 1 amide bonds. The second-order valence-corrected chi connectivity index (χ2v) is 8.32. The number of carbonyl (C=O) groups is 1. The predicted molar refractivity (Wildman–Crippen MR) is 115 cm³/mol. The van der Waals surface area contributed by atoms with Crippen LogP contribution in [0.15, 0.2) is 75.9 Å². The van der Waals surface area contributed by atoms with Gasteiger partial charge in [-0.25, -0.2) is 0 Å². The Kier molecular flexibility index (Phi) is 4.31. The number of hydrogen-bond acceptors (Lipinski definition) is 5. The molecule has 2 N–H and O–H groups in total. The number of aromatic nitrogens is 1. The number of hydrogen-bond donors (Lipinski definition) is 2. The summed E-state index contributed by atoms with van der Waals surface area (Å²) in [6, 6.07) is 12.7. The van der Waals surface area contributed by atoms with Gasteiger partial charge in [0.2, 0.25) is 5.91 Å². The highest BCUT2D eigenvalue weighted by atomic mass is 16.1. The van der Waals surface area contributed by atoms with E-state index in [1.54, 1.807) is 0 Å². The second kappa shape index (κ2) is 6.90. The first-order chi connectivity index (χ1) is 14.5. The molecule has 1 unspecified atom stereocenters. The van der Waals surface area contributed by atoms with Crippen LogP contribution in [0.1, 0.15) is 37.9 Å². The normalized spacial score (nSPS) is 27.2. The molecule has 1 aromatic carbocycles. The maximum Gasteiger partial charge on any atom is 0.250 e. The summed E-state index contributed by atoms with van der Waals surface area (Å²) in [5.74, 6) is -0.00508. The van der Waals surface area contributed by atoms with Crippen LogP contribution in [0.4, 0.5) is 0 Å². The van der Waals surface area contributed by atoms with Crippen molar-refractivity contribution in [3.05, 3.63) is 76.9 Å². The van der Waals surface area contributed by atoms with Crippen LogP contribution < -0.4 is 10.6 Å². The molecule has 0 spiro atoms. The van der Waals surface area contributed by atoms with Gasteiger partial charge in [0.15, 0.2) is 6.17 Å². The van der Waals surface area contributed by atoms with Gasteiger partial charge in [0, 0.05) is 35.6 Å². The van der Waals surface area contributed by atoms with Gasteiger partial charge in [-0.05, 0) is 55.2 Å². The standard InChI is InChI=1S/C24H25N5O/c1-4-24(18-7-5-6-16(12-18)17-8-9-25-14(2)10-17)19-13-26-29-22(19)28-20-11-15(3)27-23(30)21(20)24/h5-10,12-13,15,22,28H,4,11H2,1-3H3,(H,27,30)/t15-,22?,24+/m0/s1. The number of amides is 1. The molecule has 6 heteroatoms. The van der Waals surface area contributed by atoms with Crippen LogP contribution in [0.3, 0.4) is 0 Å². The molecule has 4 heterocycles. The monoisotopic (exact) mass is 399 g/mol. The van der Waals surface area contributed by atoms with Gasteiger partial charge in [-0.15, -0.1) is 0 Å². The SMILES string of the molecule is CC[C@@]1(c2cccc(-c3ccnc(C)c3)c2)C2=CN=NC2NC2=C1C(=O)N[C@@H](C)C2. The van der Waals surface area contributed by atoms with E-state index >= 15 is 0 Å². The van der Waals surface area contributed by atoms with Crippen LogP contribution in [0.5, 0.6) is 0 Å². The molecule has 0 saturated heterocycles. The molecule has 2 aromatic rings. The van der Waals surface area contributed by atoms with E-state index in [2.05, 4.69) is 63.1 Å². The predicted octanol–water partition coefficient (Wildman–Crippen LogP) is 4.15. The zero-order valence-corrected chi connectivity index (χ0v) is 17.4. The zero-order valence-electron chi connectivity index (χ0n) is 17.4. The molecule has 0 aliphatic carbocycles. The highest BCUT2D eigenvalue weighted by Crippen LogP contribution is 2.50. The number of nitrogens with zero attached hydrogens (tertiary/aromatic N) is 3. The average Bonchev–Trinajstić information content (AvgIpc) is 3.21. The number of carbonyl (C=O) groups excluding carboxylic acids is 1. The molecule has 0 radical (unpaired) electrons. The summed E-state index contributed by atoms with van der Waals surface area (Å²) in [4.78, 5) is 17.6. The second-order valence-electron chi connectivity index (χ2n) is 8.32. The molecule has 3 atom stereocenters. The summed E-state index contributed by atoms with van der Waals surface area (Å²) < 4.78 is 0. The Morgan fingerprint density at radius 3 is 2.80 bits per heavy atom. The van der Waals surface area contributed by atoms with E-state index < -0.39 is 5.41 Å². The van der Waals surface area contributed by atoms with Crippen molar-refractivity contribution in [3.8, 4) is 11.1 Å². The largest absolute Gasteiger partial charge is 0.362 e. The third-order valence-corrected chi connectivity index (χ3v) is 6.44. The van der Waals surface area contributed by atoms with Crippen LogP contribution in [-0.4, -0.2) is 23.1 Å². The van der Waals surface area contributed by atoms with Crippen LogP contribution in [0.25, 0.3) is 11.1 Å². The summed E-state index contributed by atoms with van der Waals surface area (Å²) in [5, 5.41) is 15.2. The van der Waals surface area contributed by atoms with Gasteiger partial charge in [-0.2, -0.15) is 10.2 Å². The first kappa shape index (κ1) is 18.7. The van der Waals surface area contributed by atoms with E-state index in [1.807, 2.05) is 32.3 Å². The Labute approximate surface area is 176 Å². The summed E-state index contributed by atoms with van der Waals surface area (Å²) in [5.41, 5.74) is 6.58. The molecule has 3 aliphatic rings. The van der Waals surface area contributed by atoms with E-state index in [1.165, 1.54) is 0 Å². The fraction of sp³-hybridized carbons (Fsp3) is 0.333. The van der Waals surface area contributed by atoms with E-state index in [4.69, 9.17) is 0 Å². The molecule has 6 nitrogen and oxygen atoms in total. The molecule has 5 rings (SSSR count). The number of benzene rings is 1. The molecule has 0 fully saturated rings. The zero-order chi connectivity index (χ0) is 20.9. The highest BCUT2D eigenvalue weighted by Gasteiger charge is 2.51. The lowest BCUT2D eigenvalue weighted by molar-refractivity contribution is -0.119. The van der Waals surface area contributed by atoms with Crippen LogP contribution >= 0.6 is 0 Å². The van der Waals surface area contributed by atoms with Gasteiger partial charge in [0.05, 0.1) is 17.2 Å². The Balaban J connectivity index is 1.73. The summed E-state index contributed by atoms with van der Waals surface area (Å²) in [7, 11) is 0. The number of rotatable bonds is 3. The average molecular weight is 399 g/mol. The number of nitrogens with one attached hydrogen (secondary N) is 2. The Morgan fingerprint density at radius 2 is 2.00 bits per heavy atom. The third kappa shape index (κ3) is 2.70. The van der Waals surface area contributed by atoms with Crippen molar-refractivity contribution >= 4 is 5.91 Å². The van der Waals surface area contributed by atoms with E-state index in [-0.39, 0.29) is 18.1 Å². The van der Waals surface area contributed by atoms with Crippen molar-refractivity contribution in [2.24, 2.45) is 10.2 Å². The molecular weight excluding hydrogens is 374 g/mol. The lowest BCUT2D eigenvalue weighted by atomic mass is 9.62. The number of fused-ring (bicyclic) bond motifs is 1. The number of azo groups is 1. The smallest absolute Gasteiger partial charge is 0.250 e. The van der Waals surface area contributed by atoms with Crippen molar-refractivity contribution in [2.75, 3.05) is 0 Å². The minimum atomic E-state index is -0.558. The molecular formula is C24H25N5O. The Bertz CT molecular complexity index is 1130. The third-order valence-electron chi connectivity index (χ3n) is 6.44. The lowest BCUT2D eigenvalue weighted by Crippen LogP contribution is -2.55. The molecule has 0 bridgehead atoms. The van der Waals surface area contributed by atoms with E-state index in [9.17, 15) is 4.79 Å². The van der Waals surface area contributed by atoms with Crippen molar-refractivity contribution < 1.29 is 4.79 Å². The lowest BCUT2D eigenvalue weighted by Gasteiger charge is -2.46. The van der Waals surface area contributed by atoms with Crippen molar-refractivity contribution in [1.82, 2.24) is 15.6 Å². The van der Waals surface area contributed by atoms with Crippen molar-refractivity contribution in [1.29, 1.82) is 0 Å². The minimum absolute atomic E-state index is 0.00508. The van der Waals surface area contributed by atoms with Crippen molar-refractivity contribution in [3.63, 3.8) is 0 Å². The molecule has 3 aliphatic heterocycles. The van der Waals surface area contributed by atoms with Crippen LogP contribution in [-0.2, 0) is 10.2 Å². The maximum atomic E-state index is 13.3. The fourth-order valence-electron chi connectivity index (χ4n) is 5.11. The maximum absolute atomic E-state index is 13.3. The van der Waals surface area contributed by atoms with Crippen LogP contribution in [0, 0.1) is 6.92 Å². The van der Waals surface area contributed by atoms with Crippen LogP contribution in [0.2, 0.25) is 0 Å². The quantitative estimate of drug-likeness (QED) is 0.814. The van der Waals surface area contributed by atoms with E-state index in [0.29, 0.717) is 0 Å². The first-order valence-electron chi connectivity index (χ1n) is 10.5. The first-order valence-corrected chi connectivity index (χ1v) is 10.5. The Morgan fingerprint density at radius 1 is 1.17 bits per heavy atom. The number of pyridine rings is 1. The summed E-state index contributed by atoms with van der Waals surface area (Å²) >= 11 is 0. The molecule has 152 valence electrons. The molecule has 1 aromatic heterocycles. The molecule has 30 heavy (non-hydrogen) atoms. The fourth-order valence-corrected chi connectivity index (χ4v) is 5.11. The Hall–Kier alpha value is -3.28. The van der Waals surface area contributed by atoms with Gasteiger partial charge in [-0.3, -0.25) is 9.78 Å². The summed E-state index contributed by atoms with van der Waals surface area (Å²) in [6.07, 6.45) is 4.97. The number of aryl methyl sites for hydroxylation is 1. The van der Waals surface area contributed by atoms with Gasteiger partial charge in [0.1, 0.15) is 0 Å².